The van der Waals surface area contributed by atoms with Gasteiger partial charge in [-0.25, -0.2) is 0 Å². The van der Waals surface area contributed by atoms with Crippen LogP contribution in [0.15, 0.2) is 12.2 Å². The number of likely N-dealkylation sites (tertiary alicyclic amines) is 1. The van der Waals surface area contributed by atoms with Crippen LogP contribution < -0.4 is 0 Å². The Hall–Kier alpha value is -1.32. The molecule has 0 aromatic rings. The number of nitrogens with zero attached hydrogens (tertiary/aromatic N) is 1. The van der Waals surface area contributed by atoms with Gasteiger partial charge in [0.2, 0.25) is 5.91 Å². The number of piperidine rings is 1. The zero-order chi connectivity index (χ0) is 12.4. The number of carbonyl (C=O) groups is 2. The van der Waals surface area contributed by atoms with Crippen LogP contribution in [0.5, 0.6) is 0 Å². The summed E-state index contributed by atoms with van der Waals surface area (Å²) in [5.41, 5.74) is 0. The van der Waals surface area contributed by atoms with E-state index < -0.39 is 5.97 Å². The molecular weight excluding hydrogens is 218 g/mol. The summed E-state index contributed by atoms with van der Waals surface area (Å²) in [7, 11) is 0. The predicted octanol–water partition coefficient (Wildman–Crippen LogP) is 1.66. The summed E-state index contributed by atoms with van der Waals surface area (Å²) in [4.78, 5) is 25.0. The van der Waals surface area contributed by atoms with Crippen LogP contribution >= 0.6 is 0 Å². The smallest absolute Gasteiger partial charge is 0.308 e. The Morgan fingerprint density at radius 3 is 2.41 bits per heavy atom. The lowest BCUT2D eigenvalue weighted by Crippen LogP contribution is -2.49. The van der Waals surface area contributed by atoms with Crippen molar-refractivity contribution in [3.05, 3.63) is 12.2 Å². The van der Waals surface area contributed by atoms with E-state index in [-0.39, 0.29) is 23.8 Å². The summed E-state index contributed by atoms with van der Waals surface area (Å²) in [5, 5.41) is 9.04. The molecular formula is C13H19NO3. The van der Waals surface area contributed by atoms with Crippen LogP contribution in [0.4, 0.5) is 0 Å². The molecule has 1 aliphatic heterocycles. The average Bonchev–Trinajstić information content (AvgIpc) is 2.81. The van der Waals surface area contributed by atoms with E-state index in [1.165, 1.54) is 0 Å². The fourth-order valence-electron chi connectivity index (χ4n) is 2.67. The second kappa shape index (κ2) is 4.90. The van der Waals surface area contributed by atoms with E-state index in [1.807, 2.05) is 19.1 Å². The molecule has 0 aromatic heterocycles. The van der Waals surface area contributed by atoms with Crippen LogP contribution in [-0.2, 0) is 9.59 Å². The van der Waals surface area contributed by atoms with Crippen LogP contribution in [0.25, 0.3) is 0 Å². The Morgan fingerprint density at radius 2 is 1.82 bits per heavy atom. The lowest BCUT2D eigenvalue weighted by atomic mass is 9.92. The molecule has 1 aliphatic carbocycles. The van der Waals surface area contributed by atoms with E-state index in [1.54, 1.807) is 4.90 Å². The summed E-state index contributed by atoms with van der Waals surface area (Å²) in [5.74, 6) is -0.984. The number of hydrogen-bond acceptors (Lipinski definition) is 2. The Bertz CT molecular complexity index is 343. The molecule has 4 heteroatoms. The molecule has 0 saturated carbocycles. The molecule has 0 spiro atoms. The first-order valence-electron chi connectivity index (χ1n) is 6.28. The quantitative estimate of drug-likeness (QED) is 0.743. The second-order valence-corrected chi connectivity index (χ2v) is 5.09. The van der Waals surface area contributed by atoms with Crippen molar-refractivity contribution >= 4 is 11.9 Å². The normalized spacial score (nSPS) is 29.6. The second-order valence-electron chi connectivity index (χ2n) is 5.09. The zero-order valence-electron chi connectivity index (χ0n) is 10.1. The van der Waals surface area contributed by atoms with Crippen LogP contribution in [0, 0.1) is 11.8 Å². The van der Waals surface area contributed by atoms with Crippen molar-refractivity contribution in [3.8, 4) is 0 Å². The summed E-state index contributed by atoms with van der Waals surface area (Å²) in [6, 6.07) is 0.179. The highest BCUT2D eigenvalue weighted by atomic mass is 16.4. The largest absolute Gasteiger partial charge is 0.481 e. The Kier molecular flexibility index (Phi) is 3.50. The van der Waals surface area contributed by atoms with Crippen molar-refractivity contribution < 1.29 is 14.7 Å². The van der Waals surface area contributed by atoms with Crippen molar-refractivity contribution in [1.29, 1.82) is 0 Å². The average molecular weight is 237 g/mol. The highest BCUT2D eigenvalue weighted by Gasteiger charge is 2.35. The standard InChI is InChI=1S/C13H19NO3/c1-9-6-7-11(13(16)17)8-14(9)12(15)10-4-2-3-5-10/h2-3,9-11H,4-8H2,1H3,(H,16,17). The van der Waals surface area contributed by atoms with E-state index >= 15 is 0 Å². The molecule has 2 unspecified atom stereocenters. The summed E-state index contributed by atoms with van der Waals surface area (Å²) >= 11 is 0. The minimum absolute atomic E-state index is 0.0463. The highest BCUT2D eigenvalue weighted by molar-refractivity contribution is 5.81. The van der Waals surface area contributed by atoms with E-state index in [9.17, 15) is 9.59 Å². The van der Waals surface area contributed by atoms with Gasteiger partial charge in [0.25, 0.3) is 0 Å². The number of aliphatic carboxylic acids is 1. The number of rotatable bonds is 2. The van der Waals surface area contributed by atoms with Crippen molar-refractivity contribution in [2.75, 3.05) is 6.54 Å². The van der Waals surface area contributed by atoms with Crippen LogP contribution in [0.3, 0.4) is 0 Å². The van der Waals surface area contributed by atoms with Gasteiger partial charge in [0.05, 0.1) is 5.92 Å². The molecule has 1 amide bonds. The molecule has 1 saturated heterocycles. The maximum absolute atomic E-state index is 12.3. The highest BCUT2D eigenvalue weighted by Crippen LogP contribution is 2.27. The van der Waals surface area contributed by atoms with Crippen molar-refractivity contribution in [3.63, 3.8) is 0 Å². The minimum atomic E-state index is -0.778. The predicted molar refractivity (Wildman–Crippen MR) is 63.4 cm³/mol. The van der Waals surface area contributed by atoms with Gasteiger partial charge in [-0.1, -0.05) is 12.2 Å². The Morgan fingerprint density at radius 1 is 1.18 bits per heavy atom. The van der Waals surface area contributed by atoms with Crippen LogP contribution in [0.1, 0.15) is 32.6 Å². The molecule has 0 bridgehead atoms. The fraction of sp³-hybridized carbons (Fsp3) is 0.692. The van der Waals surface area contributed by atoms with Gasteiger partial charge in [0.15, 0.2) is 0 Å². The van der Waals surface area contributed by atoms with Gasteiger partial charge in [-0.2, -0.15) is 0 Å². The molecule has 4 nitrogen and oxygen atoms in total. The SMILES string of the molecule is CC1CCC(C(=O)O)CN1C(=O)C1CC=CC1. The first kappa shape index (κ1) is 12.1. The summed E-state index contributed by atoms with van der Waals surface area (Å²) in [6.07, 6.45) is 7.16. The first-order chi connectivity index (χ1) is 8.09. The minimum Gasteiger partial charge on any atom is -0.481 e. The molecule has 0 aromatic carbocycles. The van der Waals surface area contributed by atoms with E-state index in [0.29, 0.717) is 13.0 Å². The van der Waals surface area contributed by atoms with Crippen LogP contribution in [0.2, 0.25) is 0 Å². The van der Waals surface area contributed by atoms with Crippen molar-refractivity contribution in [1.82, 2.24) is 4.90 Å². The van der Waals surface area contributed by atoms with E-state index in [0.717, 1.165) is 19.3 Å². The third-order valence-electron chi connectivity index (χ3n) is 3.87. The molecule has 2 rings (SSSR count). The van der Waals surface area contributed by atoms with Gasteiger partial charge in [0.1, 0.15) is 0 Å². The first-order valence-corrected chi connectivity index (χ1v) is 6.28. The molecule has 2 aliphatic rings. The number of carboxylic acid groups (broad SMARTS) is 1. The maximum atomic E-state index is 12.3. The summed E-state index contributed by atoms with van der Waals surface area (Å²) in [6.45, 7) is 2.39. The number of amides is 1. The van der Waals surface area contributed by atoms with Gasteiger partial charge in [0, 0.05) is 18.5 Å². The monoisotopic (exact) mass is 237 g/mol. The molecule has 17 heavy (non-hydrogen) atoms. The van der Waals surface area contributed by atoms with Gasteiger partial charge in [-0.05, 0) is 32.6 Å². The van der Waals surface area contributed by atoms with Gasteiger partial charge < -0.3 is 10.0 Å². The Balaban J connectivity index is 2.01. The summed E-state index contributed by atoms with van der Waals surface area (Å²) < 4.78 is 0. The van der Waals surface area contributed by atoms with Gasteiger partial charge in [-0.3, -0.25) is 9.59 Å². The number of allylic oxidation sites excluding steroid dienone is 2. The van der Waals surface area contributed by atoms with Gasteiger partial charge >= 0.3 is 5.97 Å². The van der Waals surface area contributed by atoms with E-state index in [4.69, 9.17) is 5.11 Å². The fourth-order valence-corrected chi connectivity index (χ4v) is 2.67. The van der Waals surface area contributed by atoms with Gasteiger partial charge in [-0.15, -0.1) is 0 Å². The topological polar surface area (TPSA) is 57.6 Å². The number of carbonyl (C=O) groups excluding carboxylic acids is 1. The molecule has 1 N–H and O–H groups in total. The number of hydrogen-bond donors (Lipinski definition) is 1. The lowest BCUT2D eigenvalue weighted by Gasteiger charge is -2.38. The van der Waals surface area contributed by atoms with Crippen molar-refractivity contribution in [2.45, 2.75) is 38.6 Å². The molecule has 1 fully saturated rings. The molecule has 2 atom stereocenters. The lowest BCUT2D eigenvalue weighted by molar-refractivity contribution is -0.148. The molecule has 1 heterocycles. The molecule has 94 valence electrons. The third kappa shape index (κ3) is 2.51. The van der Waals surface area contributed by atoms with Crippen molar-refractivity contribution in [2.24, 2.45) is 11.8 Å². The van der Waals surface area contributed by atoms with E-state index in [2.05, 4.69) is 0 Å². The third-order valence-corrected chi connectivity index (χ3v) is 3.87. The zero-order valence-corrected chi connectivity index (χ0v) is 10.1. The maximum Gasteiger partial charge on any atom is 0.308 e. The van der Waals surface area contributed by atoms with Crippen LogP contribution in [-0.4, -0.2) is 34.5 Å². The number of carboxylic acids is 1. The Labute approximate surface area is 101 Å². The molecule has 0 radical (unpaired) electrons.